The highest BCUT2D eigenvalue weighted by atomic mass is 19.1. The van der Waals surface area contributed by atoms with E-state index in [4.69, 9.17) is 10.5 Å². The fourth-order valence-electron chi connectivity index (χ4n) is 1.82. The molecule has 1 aromatic heterocycles. The summed E-state index contributed by atoms with van der Waals surface area (Å²) < 4.78 is 18.7. The summed E-state index contributed by atoms with van der Waals surface area (Å²) in [5, 5.41) is 0. The maximum atomic E-state index is 13.2. The van der Waals surface area contributed by atoms with Gasteiger partial charge in [-0.3, -0.25) is 0 Å². The molecule has 1 aromatic rings. The summed E-state index contributed by atoms with van der Waals surface area (Å²) in [6, 6.07) is 3.19. The first-order valence-corrected chi connectivity index (χ1v) is 5.28. The van der Waals surface area contributed by atoms with Gasteiger partial charge in [-0.2, -0.15) is 0 Å². The molecule has 15 heavy (non-hydrogen) atoms. The minimum Gasteiger partial charge on any atom is -0.472 e. The van der Waals surface area contributed by atoms with Crippen molar-refractivity contribution in [3.8, 4) is 5.88 Å². The third-order valence-electron chi connectivity index (χ3n) is 2.72. The number of nitrogens with two attached hydrogens (primary N) is 1. The van der Waals surface area contributed by atoms with E-state index in [2.05, 4.69) is 4.98 Å². The number of pyridine rings is 1. The van der Waals surface area contributed by atoms with Crippen molar-refractivity contribution >= 4 is 0 Å². The van der Waals surface area contributed by atoms with Crippen LogP contribution in [0.15, 0.2) is 18.3 Å². The normalized spacial score (nSPS) is 26.3. The summed E-state index contributed by atoms with van der Waals surface area (Å²) in [7, 11) is 0. The third kappa shape index (κ3) is 2.65. The lowest BCUT2D eigenvalue weighted by Crippen LogP contribution is -2.32. The lowest BCUT2D eigenvalue weighted by molar-refractivity contribution is 0.135. The SMILES string of the molecule is NC1CCC(Oc2ncccc2F)CC1. The minimum atomic E-state index is -0.396. The van der Waals surface area contributed by atoms with Crippen molar-refractivity contribution in [3.05, 3.63) is 24.1 Å². The molecule has 0 amide bonds. The molecule has 1 aliphatic rings. The molecule has 0 saturated heterocycles. The van der Waals surface area contributed by atoms with Crippen molar-refractivity contribution in [2.45, 2.75) is 37.8 Å². The molecule has 1 saturated carbocycles. The Bertz CT molecular complexity index is 324. The van der Waals surface area contributed by atoms with Crippen LogP contribution in [0.3, 0.4) is 0 Å². The van der Waals surface area contributed by atoms with Crippen LogP contribution < -0.4 is 10.5 Å². The predicted octanol–water partition coefficient (Wildman–Crippen LogP) is 1.87. The number of aromatic nitrogens is 1. The highest BCUT2D eigenvalue weighted by Crippen LogP contribution is 2.22. The first-order chi connectivity index (χ1) is 7.25. The zero-order valence-electron chi connectivity index (χ0n) is 8.53. The molecular weight excluding hydrogens is 195 g/mol. The smallest absolute Gasteiger partial charge is 0.250 e. The average Bonchev–Trinajstić information content (AvgIpc) is 2.25. The van der Waals surface area contributed by atoms with Gasteiger partial charge in [-0.25, -0.2) is 9.37 Å². The third-order valence-corrected chi connectivity index (χ3v) is 2.72. The highest BCUT2D eigenvalue weighted by molar-refractivity contribution is 5.13. The summed E-state index contributed by atoms with van der Waals surface area (Å²) >= 11 is 0. The van der Waals surface area contributed by atoms with Gasteiger partial charge in [0.1, 0.15) is 6.10 Å². The van der Waals surface area contributed by atoms with Crippen molar-refractivity contribution in [2.75, 3.05) is 0 Å². The monoisotopic (exact) mass is 210 g/mol. The minimum absolute atomic E-state index is 0.0641. The van der Waals surface area contributed by atoms with Gasteiger partial charge in [0, 0.05) is 12.2 Å². The number of ether oxygens (including phenoxy) is 1. The van der Waals surface area contributed by atoms with Gasteiger partial charge in [-0.15, -0.1) is 0 Å². The molecule has 2 rings (SSSR count). The number of nitrogens with zero attached hydrogens (tertiary/aromatic N) is 1. The first-order valence-electron chi connectivity index (χ1n) is 5.28. The van der Waals surface area contributed by atoms with Gasteiger partial charge in [0.25, 0.3) is 5.88 Å². The molecule has 1 heterocycles. The Hall–Kier alpha value is -1.16. The van der Waals surface area contributed by atoms with Crippen LogP contribution in [0.2, 0.25) is 0 Å². The molecule has 1 aliphatic carbocycles. The van der Waals surface area contributed by atoms with Gasteiger partial charge in [0.05, 0.1) is 0 Å². The summed E-state index contributed by atoms with van der Waals surface area (Å²) in [5.41, 5.74) is 5.77. The van der Waals surface area contributed by atoms with E-state index in [1.807, 2.05) is 0 Å². The van der Waals surface area contributed by atoms with Crippen LogP contribution in [0.25, 0.3) is 0 Å². The molecule has 1 fully saturated rings. The van der Waals surface area contributed by atoms with E-state index >= 15 is 0 Å². The quantitative estimate of drug-likeness (QED) is 0.810. The molecule has 0 bridgehead atoms. The standard InChI is InChI=1S/C11H15FN2O/c12-10-2-1-7-14-11(10)15-9-5-3-8(13)4-6-9/h1-2,7-9H,3-6,13H2. The van der Waals surface area contributed by atoms with Crippen molar-refractivity contribution in [3.63, 3.8) is 0 Å². The molecule has 2 N–H and O–H groups in total. The average molecular weight is 210 g/mol. The molecule has 82 valence electrons. The van der Waals surface area contributed by atoms with E-state index in [0.29, 0.717) is 0 Å². The highest BCUT2D eigenvalue weighted by Gasteiger charge is 2.21. The Morgan fingerprint density at radius 3 is 2.73 bits per heavy atom. The van der Waals surface area contributed by atoms with E-state index < -0.39 is 5.82 Å². The van der Waals surface area contributed by atoms with Crippen LogP contribution in [0.4, 0.5) is 4.39 Å². The van der Waals surface area contributed by atoms with E-state index in [1.165, 1.54) is 12.3 Å². The molecule has 0 aromatic carbocycles. The summed E-state index contributed by atoms with van der Waals surface area (Å²) in [6.07, 6.45) is 5.26. The lowest BCUT2D eigenvalue weighted by atomic mass is 9.94. The topological polar surface area (TPSA) is 48.1 Å². The Morgan fingerprint density at radius 1 is 1.33 bits per heavy atom. The van der Waals surface area contributed by atoms with E-state index in [1.54, 1.807) is 6.07 Å². The van der Waals surface area contributed by atoms with Gasteiger partial charge in [-0.05, 0) is 37.8 Å². The molecule has 0 unspecified atom stereocenters. The molecule has 0 radical (unpaired) electrons. The Balaban J connectivity index is 1.95. The number of rotatable bonds is 2. The van der Waals surface area contributed by atoms with Crippen LogP contribution in [-0.2, 0) is 0 Å². The van der Waals surface area contributed by atoms with E-state index in [0.717, 1.165) is 25.7 Å². The maximum absolute atomic E-state index is 13.2. The lowest BCUT2D eigenvalue weighted by Gasteiger charge is -2.26. The number of hydrogen-bond acceptors (Lipinski definition) is 3. The van der Waals surface area contributed by atoms with Gasteiger partial charge >= 0.3 is 0 Å². The first kappa shape index (κ1) is 10.4. The predicted molar refractivity (Wildman–Crippen MR) is 55.1 cm³/mol. The summed E-state index contributed by atoms with van der Waals surface area (Å²) in [6.45, 7) is 0. The number of hydrogen-bond donors (Lipinski definition) is 1. The van der Waals surface area contributed by atoms with Gasteiger partial charge < -0.3 is 10.5 Å². The second-order valence-corrected chi connectivity index (χ2v) is 3.95. The maximum Gasteiger partial charge on any atom is 0.250 e. The largest absolute Gasteiger partial charge is 0.472 e. The van der Waals surface area contributed by atoms with Crippen LogP contribution in [0.1, 0.15) is 25.7 Å². The fraction of sp³-hybridized carbons (Fsp3) is 0.545. The van der Waals surface area contributed by atoms with E-state index in [-0.39, 0.29) is 18.0 Å². The van der Waals surface area contributed by atoms with Gasteiger partial charge in [0.2, 0.25) is 0 Å². The van der Waals surface area contributed by atoms with Crippen LogP contribution in [-0.4, -0.2) is 17.1 Å². The van der Waals surface area contributed by atoms with E-state index in [9.17, 15) is 4.39 Å². The zero-order valence-corrected chi connectivity index (χ0v) is 8.53. The second kappa shape index (κ2) is 4.57. The Morgan fingerprint density at radius 2 is 2.07 bits per heavy atom. The summed E-state index contributed by atoms with van der Waals surface area (Å²) in [4.78, 5) is 3.86. The second-order valence-electron chi connectivity index (χ2n) is 3.95. The molecule has 0 aliphatic heterocycles. The van der Waals surface area contributed by atoms with Gasteiger partial charge in [0.15, 0.2) is 5.82 Å². The van der Waals surface area contributed by atoms with Gasteiger partial charge in [-0.1, -0.05) is 0 Å². The van der Waals surface area contributed by atoms with Crippen LogP contribution in [0.5, 0.6) is 5.88 Å². The van der Waals surface area contributed by atoms with Crippen molar-refractivity contribution < 1.29 is 9.13 Å². The Kier molecular flexibility index (Phi) is 3.16. The molecular formula is C11H15FN2O. The Labute approximate surface area is 88.5 Å². The number of halogens is 1. The van der Waals surface area contributed by atoms with Crippen molar-refractivity contribution in [1.29, 1.82) is 0 Å². The molecule has 0 spiro atoms. The molecule has 0 atom stereocenters. The zero-order chi connectivity index (χ0) is 10.7. The molecule has 4 heteroatoms. The molecule has 3 nitrogen and oxygen atoms in total. The van der Waals surface area contributed by atoms with Crippen molar-refractivity contribution in [1.82, 2.24) is 4.98 Å². The summed E-state index contributed by atoms with van der Waals surface area (Å²) in [5.74, 6) is -0.287. The van der Waals surface area contributed by atoms with Crippen LogP contribution in [0, 0.1) is 5.82 Å². The van der Waals surface area contributed by atoms with Crippen LogP contribution >= 0.6 is 0 Å². The van der Waals surface area contributed by atoms with Crippen molar-refractivity contribution in [2.24, 2.45) is 5.73 Å². The fourth-order valence-corrected chi connectivity index (χ4v) is 1.82.